The van der Waals surface area contributed by atoms with Crippen LogP contribution in [0, 0.1) is 12.8 Å². The van der Waals surface area contributed by atoms with Gasteiger partial charge in [0.2, 0.25) is 0 Å². The summed E-state index contributed by atoms with van der Waals surface area (Å²) in [6, 6.07) is 16.0. The SMILES string of the molecule is Cc1nc(-c2ccccn2)sc1C(=O)NCC(c1ccccc1)C(C)C. The highest BCUT2D eigenvalue weighted by atomic mass is 32.1. The van der Waals surface area contributed by atoms with E-state index < -0.39 is 0 Å². The van der Waals surface area contributed by atoms with Crippen LogP contribution in [0.25, 0.3) is 10.7 Å². The highest BCUT2D eigenvalue weighted by Crippen LogP contribution is 2.27. The Morgan fingerprint density at radius 3 is 2.50 bits per heavy atom. The molecule has 0 saturated heterocycles. The van der Waals surface area contributed by atoms with E-state index in [9.17, 15) is 4.79 Å². The minimum atomic E-state index is -0.0660. The van der Waals surface area contributed by atoms with E-state index in [1.165, 1.54) is 16.9 Å². The number of nitrogens with zero attached hydrogens (tertiary/aromatic N) is 2. The summed E-state index contributed by atoms with van der Waals surface area (Å²) in [6.07, 6.45) is 1.74. The molecule has 0 aliphatic heterocycles. The van der Waals surface area contributed by atoms with Crippen LogP contribution in [0.4, 0.5) is 0 Å². The minimum Gasteiger partial charge on any atom is -0.351 e. The topological polar surface area (TPSA) is 54.9 Å². The maximum atomic E-state index is 12.7. The first kappa shape index (κ1) is 18.3. The van der Waals surface area contributed by atoms with Crippen LogP contribution in [0.1, 0.15) is 40.7 Å². The molecule has 134 valence electrons. The molecule has 1 aromatic carbocycles. The molecule has 5 heteroatoms. The summed E-state index contributed by atoms with van der Waals surface area (Å²) in [7, 11) is 0. The fourth-order valence-electron chi connectivity index (χ4n) is 2.93. The highest BCUT2D eigenvalue weighted by molar-refractivity contribution is 7.17. The van der Waals surface area contributed by atoms with Crippen LogP contribution in [0.2, 0.25) is 0 Å². The molecule has 0 aliphatic rings. The number of thiazole rings is 1. The molecule has 0 saturated carbocycles. The fourth-order valence-corrected chi connectivity index (χ4v) is 3.89. The largest absolute Gasteiger partial charge is 0.351 e. The monoisotopic (exact) mass is 365 g/mol. The van der Waals surface area contributed by atoms with Crippen molar-refractivity contribution in [3.05, 3.63) is 70.9 Å². The summed E-state index contributed by atoms with van der Waals surface area (Å²) >= 11 is 1.39. The zero-order chi connectivity index (χ0) is 18.5. The number of rotatable bonds is 6. The summed E-state index contributed by atoms with van der Waals surface area (Å²) < 4.78 is 0. The number of nitrogens with one attached hydrogen (secondary N) is 1. The molecule has 26 heavy (non-hydrogen) atoms. The smallest absolute Gasteiger partial charge is 0.263 e. The van der Waals surface area contributed by atoms with Gasteiger partial charge in [-0.15, -0.1) is 11.3 Å². The van der Waals surface area contributed by atoms with Crippen LogP contribution >= 0.6 is 11.3 Å². The van der Waals surface area contributed by atoms with Crippen LogP contribution < -0.4 is 5.32 Å². The molecule has 0 spiro atoms. The zero-order valence-electron chi connectivity index (χ0n) is 15.3. The highest BCUT2D eigenvalue weighted by Gasteiger charge is 2.20. The van der Waals surface area contributed by atoms with Gasteiger partial charge in [-0.1, -0.05) is 50.2 Å². The third-order valence-corrected chi connectivity index (χ3v) is 5.58. The number of aromatic nitrogens is 2. The maximum absolute atomic E-state index is 12.7. The van der Waals surface area contributed by atoms with Crippen molar-refractivity contribution < 1.29 is 4.79 Å². The Morgan fingerprint density at radius 2 is 1.85 bits per heavy atom. The number of hydrogen-bond donors (Lipinski definition) is 1. The maximum Gasteiger partial charge on any atom is 0.263 e. The molecule has 1 N–H and O–H groups in total. The number of aryl methyl sites for hydroxylation is 1. The lowest BCUT2D eigenvalue weighted by Gasteiger charge is -2.21. The van der Waals surface area contributed by atoms with Gasteiger partial charge in [0.25, 0.3) is 5.91 Å². The number of benzene rings is 1. The lowest BCUT2D eigenvalue weighted by atomic mass is 9.88. The Balaban J connectivity index is 1.73. The van der Waals surface area contributed by atoms with Gasteiger partial charge in [-0.05, 0) is 30.5 Å². The van der Waals surface area contributed by atoms with E-state index in [0.29, 0.717) is 17.3 Å². The van der Waals surface area contributed by atoms with E-state index >= 15 is 0 Å². The molecule has 1 atom stereocenters. The van der Waals surface area contributed by atoms with Crippen LogP contribution in [-0.4, -0.2) is 22.4 Å². The standard InChI is InChI=1S/C21H23N3OS/c1-14(2)17(16-9-5-4-6-10-16)13-23-20(25)19-15(3)24-21(26-19)18-11-7-8-12-22-18/h4-12,14,17H,13H2,1-3H3,(H,23,25). The Kier molecular flexibility index (Phi) is 5.78. The summed E-state index contributed by atoms with van der Waals surface area (Å²) in [4.78, 5) is 22.2. The fraction of sp³-hybridized carbons (Fsp3) is 0.286. The number of amides is 1. The third kappa shape index (κ3) is 4.17. The second-order valence-corrected chi connectivity index (χ2v) is 7.62. The minimum absolute atomic E-state index is 0.0660. The molecule has 1 unspecified atom stereocenters. The number of hydrogen-bond acceptors (Lipinski definition) is 4. The molecular formula is C21H23N3OS. The molecule has 2 heterocycles. The van der Waals surface area contributed by atoms with Gasteiger partial charge in [-0.3, -0.25) is 9.78 Å². The first-order valence-corrected chi connectivity index (χ1v) is 9.60. The average Bonchev–Trinajstić information content (AvgIpc) is 3.05. The number of carbonyl (C=O) groups is 1. The Bertz CT molecular complexity index is 859. The van der Waals surface area contributed by atoms with Crippen LogP contribution in [0.15, 0.2) is 54.7 Å². The van der Waals surface area contributed by atoms with Crippen LogP contribution in [0.5, 0.6) is 0 Å². The van der Waals surface area contributed by atoms with Gasteiger partial charge in [-0.2, -0.15) is 0 Å². The molecule has 0 fully saturated rings. The molecule has 4 nitrogen and oxygen atoms in total. The second-order valence-electron chi connectivity index (χ2n) is 6.62. The first-order chi connectivity index (χ1) is 12.6. The molecular weight excluding hydrogens is 342 g/mol. The summed E-state index contributed by atoms with van der Waals surface area (Å²) in [6.45, 7) is 6.84. The molecule has 1 amide bonds. The Labute approximate surface area is 158 Å². The van der Waals surface area contributed by atoms with Crippen molar-refractivity contribution in [2.75, 3.05) is 6.54 Å². The molecule has 3 rings (SSSR count). The summed E-state index contributed by atoms with van der Waals surface area (Å²) in [5, 5.41) is 3.87. The van der Waals surface area contributed by atoms with Crippen molar-refractivity contribution >= 4 is 17.2 Å². The van der Waals surface area contributed by atoms with E-state index in [-0.39, 0.29) is 11.8 Å². The third-order valence-electron chi connectivity index (χ3n) is 4.40. The van der Waals surface area contributed by atoms with Gasteiger partial charge in [-0.25, -0.2) is 4.98 Å². The van der Waals surface area contributed by atoms with E-state index in [1.54, 1.807) is 6.20 Å². The Morgan fingerprint density at radius 1 is 1.12 bits per heavy atom. The van der Waals surface area contributed by atoms with Gasteiger partial charge in [0.1, 0.15) is 9.88 Å². The predicted octanol–water partition coefficient (Wildman–Crippen LogP) is 4.68. The van der Waals surface area contributed by atoms with Crippen molar-refractivity contribution in [1.82, 2.24) is 15.3 Å². The average molecular weight is 366 g/mol. The van der Waals surface area contributed by atoms with Crippen LogP contribution in [-0.2, 0) is 0 Å². The van der Waals surface area contributed by atoms with Crippen LogP contribution in [0.3, 0.4) is 0 Å². The van der Waals surface area contributed by atoms with Gasteiger partial charge in [0.05, 0.1) is 11.4 Å². The van der Waals surface area contributed by atoms with Crippen molar-refractivity contribution in [1.29, 1.82) is 0 Å². The molecule has 0 radical (unpaired) electrons. The Hall–Kier alpha value is -2.53. The van der Waals surface area contributed by atoms with Gasteiger partial charge < -0.3 is 5.32 Å². The molecule has 0 aliphatic carbocycles. The summed E-state index contributed by atoms with van der Waals surface area (Å²) in [5.74, 6) is 0.650. The molecule has 2 aromatic heterocycles. The van der Waals surface area contributed by atoms with E-state index in [0.717, 1.165) is 16.4 Å². The van der Waals surface area contributed by atoms with E-state index in [1.807, 2.05) is 43.3 Å². The van der Waals surface area contributed by atoms with Crippen molar-refractivity contribution in [2.24, 2.45) is 5.92 Å². The molecule has 0 bridgehead atoms. The zero-order valence-corrected chi connectivity index (χ0v) is 16.1. The molecule has 3 aromatic rings. The predicted molar refractivity (Wildman–Crippen MR) is 106 cm³/mol. The number of carbonyl (C=O) groups excluding carboxylic acids is 1. The van der Waals surface area contributed by atoms with Gasteiger partial charge in [0.15, 0.2) is 0 Å². The summed E-state index contributed by atoms with van der Waals surface area (Å²) in [5.41, 5.74) is 2.79. The lowest BCUT2D eigenvalue weighted by Crippen LogP contribution is -2.30. The van der Waals surface area contributed by atoms with Crippen molar-refractivity contribution in [2.45, 2.75) is 26.7 Å². The van der Waals surface area contributed by atoms with Crippen molar-refractivity contribution in [3.8, 4) is 10.7 Å². The first-order valence-electron chi connectivity index (χ1n) is 8.78. The quantitative estimate of drug-likeness (QED) is 0.690. The van der Waals surface area contributed by atoms with E-state index in [4.69, 9.17) is 0 Å². The van der Waals surface area contributed by atoms with Crippen molar-refractivity contribution in [3.63, 3.8) is 0 Å². The second kappa shape index (κ2) is 8.23. The lowest BCUT2D eigenvalue weighted by molar-refractivity contribution is 0.0952. The van der Waals surface area contributed by atoms with Gasteiger partial charge in [0, 0.05) is 18.7 Å². The van der Waals surface area contributed by atoms with E-state index in [2.05, 4.69) is 41.3 Å². The normalized spacial score (nSPS) is 12.2. The number of pyridine rings is 1. The van der Waals surface area contributed by atoms with Gasteiger partial charge >= 0.3 is 0 Å².